The highest BCUT2D eigenvalue weighted by Gasteiger charge is 2.38. The summed E-state index contributed by atoms with van der Waals surface area (Å²) in [7, 11) is -2.13. The summed E-state index contributed by atoms with van der Waals surface area (Å²) in [4.78, 5) is 26.3. The Kier molecular flexibility index (Phi) is 9.45. The lowest BCUT2D eigenvalue weighted by molar-refractivity contribution is 0.0523. The van der Waals surface area contributed by atoms with Crippen LogP contribution in [0.25, 0.3) is 10.9 Å². The predicted molar refractivity (Wildman–Crippen MR) is 155 cm³/mol. The van der Waals surface area contributed by atoms with E-state index in [-0.39, 0.29) is 57.1 Å². The number of halogens is 3. The van der Waals surface area contributed by atoms with Gasteiger partial charge in [0.25, 0.3) is 0 Å². The topological polar surface area (TPSA) is 57.5 Å². The number of benzene rings is 2. The van der Waals surface area contributed by atoms with E-state index in [1.165, 1.54) is 30.5 Å². The number of hydrogen-bond donors (Lipinski definition) is 0. The Morgan fingerprint density at radius 3 is 2.38 bits per heavy atom. The van der Waals surface area contributed by atoms with E-state index in [0.717, 1.165) is 0 Å². The summed E-state index contributed by atoms with van der Waals surface area (Å²) in [5, 5.41) is 0.0619. The smallest absolute Gasteiger partial charge is 0.343 e. The minimum absolute atomic E-state index is 0.0210. The van der Waals surface area contributed by atoms with Crippen molar-refractivity contribution in [2.24, 2.45) is 5.92 Å². The van der Waals surface area contributed by atoms with E-state index < -0.39 is 31.3 Å². The fraction of sp³-hybridized carbons (Fsp3) is 0.467. The largest absolute Gasteiger partial charge is 0.462 e. The predicted octanol–water partition coefficient (Wildman–Crippen LogP) is 7.92. The van der Waals surface area contributed by atoms with E-state index in [1.807, 2.05) is 13.8 Å². The number of pyridine rings is 1. The van der Waals surface area contributed by atoms with Gasteiger partial charge in [0.1, 0.15) is 17.2 Å². The van der Waals surface area contributed by atoms with Crippen LogP contribution in [0.4, 0.5) is 8.78 Å². The number of hydrogen-bond acceptors (Lipinski definition) is 4. The Bertz CT molecular complexity index is 1430. The molecule has 0 bridgehead atoms. The van der Waals surface area contributed by atoms with Gasteiger partial charge >= 0.3 is 5.97 Å². The van der Waals surface area contributed by atoms with Crippen molar-refractivity contribution in [3.05, 3.63) is 80.1 Å². The van der Waals surface area contributed by atoms with Crippen molar-refractivity contribution in [1.29, 1.82) is 0 Å². The van der Waals surface area contributed by atoms with Crippen molar-refractivity contribution in [3.63, 3.8) is 0 Å². The molecule has 0 aliphatic rings. The van der Waals surface area contributed by atoms with Crippen molar-refractivity contribution in [1.82, 2.24) is 4.57 Å². The summed E-state index contributed by atoms with van der Waals surface area (Å²) in [6, 6.07) is 6.90. The highest BCUT2D eigenvalue weighted by molar-refractivity contribution is 6.74. The molecular weight excluding hydrogens is 540 g/mol. The SMILES string of the molecule is CCOC(=O)c1cn([C@H](CO[Si](C)(C)C(C)(C)C)C(C)C)c2cc(F)c(Cc3cccc(Cl)c3F)cc2c1=O. The molecule has 212 valence electrons. The molecule has 0 fully saturated rings. The average molecular weight is 578 g/mol. The van der Waals surface area contributed by atoms with Crippen LogP contribution in [-0.2, 0) is 15.6 Å². The van der Waals surface area contributed by atoms with E-state index in [0.29, 0.717) is 12.1 Å². The molecule has 0 unspecified atom stereocenters. The molecule has 5 nitrogen and oxygen atoms in total. The molecule has 0 aliphatic heterocycles. The summed E-state index contributed by atoms with van der Waals surface area (Å²) in [5.41, 5.74) is -0.0649. The number of ether oxygens (including phenoxy) is 1. The number of aromatic nitrogens is 1. The second-order valence-corrected chi connectivity index (χ2v) is 16.9. The highest BCUT2D eigenvalue weighted by atomic mass is 35.5. The maximum atomic E-state index is 15.5. The van der Waals surface area contributed by atoms with Gasteiger partial charge in [-0.3, -0.25) is 4.79 Å². The van der Waals surface area contributed by atoms with Gasteiger partial charge in [-0.15, -0.1) is 0 Å². The minimum Gasteiger partial charge on any atom is -0.462 e. The fourth-order valence-corrected chi connectivity index (χ4v) is 5.39. The zero-order valence-corrected chi connectivity index (χ0v) is 25.7. The minimum atomic E-state index is -2.13. The van der Waals surface area contributed by atoms with E-state index >= 15 is 4.39 Å². The van der Waals surface area contributed by atoms with Crippen LogP contribution in [0.2, 0.25) is 23.2 Å². The Balaban J connectivity index is 2.23. The molecule has 9 heteroatoms. The van der Waals surface area contributed by atoms with Crippen LogP contribution >= 0.6 is 11.6 Å². The standard InChI is InChI=1S/C30H38ClF2NO4Si/c1-9-37-29(36)22-16-34(26(18(2)3)17-38-39(7,8)30(4,5)6)25-15-24(32)20(14-21(25)28(22)35)13-19-11-10-12-23(31)27(19)33/h10-12,14-16,18,26H,9,13,17H2,1-8H3/t26-/m1/s1. The molecule has 0 aliphatic carbocycles. The number of fused-ring (bicyclic) bond motifs is 1. The average Bonchev–Trinajstić information content (AvgIpc) is 2.83. The maximum Gasteiger partial charge on any atom is 0.343 e. The molecule has 0 amide bonds. The number of carbonyl (C=O) groups is 1. The van der Waals surface area contributed by atoms with Gasteiger partial charge in [0.05, 0.1) is 29.8 Å². The molecule has 0 spiro atoms. The first-order chi connectivity index (χ1) is 18.1. The van der Waals surface area contributed by atoms with Crippen LogP contribution in [0, 0.1) is 17.6 Å². The lowest BCUT2D eigenvalue weighted by Crippen LogP contribution is -2.42. The first kappa shape index (κ1) is 31.0. The van der Waals surface area contributed by atoms with Gasteiger partial charge in [-0.1, -0.05) is 58.4 Å². The van der Waals surface area contributed by atoms with Gasteiger partial charge in [-0.25, -0.2) is 13.6 Å². The first-order valence-corrected chi connectivity index (χ1v) is 16.5. The van der Waals surface area contributed by atoms with E-state index in [2.05, 4.69) is 33.9 Å². The monoisotopic (exact) mass is 577 g/mol. The van der Waals surface area contributed by atoms with Crippen LogP contribution in [-0.4, -0.2) is 32.1 Å². The lowest BCUT2D eigenvalue weighted by atomic mass is 9.99. The molecule has 0 saturated heterocycles. The van der Waals surface area contributed by atoms with Gasteiger partial charge in [0.2, 0.25) is 5.43 Å². The molecule has 0 saturated carbocycles. The number of carbonyl (C=O) groups excluding carboxylic acids is 1. The van der Waals surface area contributed by atoms with Crippen molar-refractivity contribution in [2.45, 2.75) is 72.1 Å². The number of nitrogens with zero attached hydrogens (tertiary/aromatic N) is 1. The Hall–Kier alpha value is -2.55. The lowest BCUT2D eigenvalue weighted by Gasteiger charge is -2.38. The molecule has 0 radical (unpaired) electrons. The molecule has 39 heavy (non-hydrogen) atoms. The molecule has 3 rings (SSSR count). The zero-order valence-electron chi connectivity index (χ0n) is 24.0. The number of esters is 1. The number of rotatable bonds is 9. The van der Waals surface area contributed by atoms with Gasteiger partial charge < -0.3 is 13.7 Å². The summed E-state index contributed by atoms with van der Waals surface area (Å²) in [5.74, 6) is -1.96. The van der Waals surface area contributed by atoms with Crippen molar-refractivity contribution < 1.29 is 22.7 Å². The molecule has 3 aromatic rings. The van der Waals surface area contributed by atoms with Gasteiger partial charge in [0, 0.05) is 18.0 Å². The third kappa shape index (κ3) is 6.61. The fourth-order valence-electron chi connectivity index (χ4n) is 4.17. The Morgan fingerprint density at radius 2 is 1.79 bits per heavy atom. The molecule has 1 aromatic heterocycles. The third-order valence-electron chi connectivity index (χ3n) is 7.66. The summed E-state index contributed by atoms with van der Waals surface area (Å²) >= 11 is 5.92. The summed E-state index contributed by atoms with van der Waals surface area (Å²) in [6.45, 7) is 16.9. The summed E-state index contributed by atoms with van der Waals surface area (Å²) in [6.07, 6.45) is 1.34. The van der Waals surface area contributed by atoms with Gasteiger partial charge in [-0.05, 0) is 60.3 Å². The van der Waals surface area contributed by atoms with Crippen molar-refractivity contribution >= 4 is 36.8 Å². The second kappa shape index (κ2) is 11.9. The molecule has 1 atom stereocenters. The second-order valence-electron chi connectivity index (χ2n) is 11.7. The van der Waals surface area contributed by atoms with Crippen molar-refractivity contribution in [3.8, 4) is 0 Å². The quantitative estimate of drug-likeness (QED) is 0.191. The zero-order chi connectivity index (χ0) is 29.3. The van der Waals surface area contributed by atoms with Crippen LogP contribution in [0.1, 0.15) is 69.1 Å². The maximum absolute atomic E-state index is 15.5. The van der Waals surface area contributed by atoms with Crippen LogP contribution in [0.15, 0.2) is 41.3 Å². The van der Waals surface area contributed by atoms with Crippen LogP contribution in [0.5, 0.6) is 0 Å². The van der Waals surface area contributed by atoms with E-state index in [1.54, 1.807) is 17.6 Å². The van der Waals surface area contributed by atoms with Crippen LogP contribution in [0.3, 0.4) is 0 Å². The molecule has 0 N–H and O–H groups in total. The van der Waals surface area contributed by atoms with Crippen LogP contribution < -0.4 is 5.43 Å². The normalized spacial score (nSPS) is 13.2. The summed E-state index contributed by atoms with van der Waals surface area (Å²) < 4.78 is 43.6. The molecule has 2 aromatic carbocycles. The van der Waals surface area contributed by atoms with E-state index in [4.69, 9.17) is 20.8 Å². The first-order valence-electron chi connectivity index (χ1n) is 13.2. The van der Waals surface area contributed by atoms with E-state index in [9.17, 15) is 14.0 Å². The molecule has 1 heterocycles. The van der Waals surface area contributed by atoms with Crippen molar-refractivity contribution in [2.75, 3.05) is 13.2 Å². The third-order valence-corrected chi connectivity index (χ3v) is 12.4. The highest BCUT2D eigenvalue weighted by Crippen LogP contribution is 2.38. The van der Waals surface area contributed by atoms with Gasteiger partial charge in [-0.2, -0.15) is 0 Å². The Morgan fingerprint density at radius 1 is 1.13 bits per heavy atom. The Labute approximate surface area is 235 Å². The molecular formula is C30H38ClF2NO4Si. The van der Waals surface area contributed by atoms with Gasteiger partial charge in [0.15, 0.2) is 8.32 Å².